The van der Waals surface area contributed by atoms with Crippen molar-refractivity contribution in [3.63, 3.8) is 0 Å². The number of nitrogens with zero attached hydrogens (tertiary/aromatic N) is 1. The van der Waals surface area contributed by atoms with Crippen molar-refractivity contribution >= 4 is 33.2 Å². The molecule has 0 radical (unpaired) electrons. The van der Waals surface area contributed by atoms with Gasteiger partial charge in [0.15, 0.2) is 0 Å². The molecule has 0 unspecified atom stereocenters. The maximum atomic E-state index is 12.7. The average Bonchev–Trinajstić information content (AvgIpc) is 3.15. The molecule has 2 aromatic rings. The number of aryl methyl sites for hydroxylation is 1. The van der Waals surface area contributed by atoms with E-state index in [1.807, 2.05) is 31.2 Å². The van der Waals surface area contributed by atoms with Gasteiger partial charge in [-0.3, -0.25) is 9.59 Å². The molecular formula is C23H29N3O4S. The maximum absolute atomic E-state index is 12.7. The second-order valence-corrected chi connectivity index (χ2v) is 9.58. The summed E-state index contributed by atoms with van der Waals surface area (Å²) in [5.74, 6) is -0.801. The van der Waals surface area contributed by atoms with Crippen molar-refractivity contribution in [2.75, 3.05) is 16.8 Å². The Kier molecular flexibility index (Phi) is 7.12. The van der Waals surface area contributed by atoms with Gasteiger partial charge in [-0.05, 0) is 61.7 Å². The lowest BCUT2D eigenvalue weighted by Crippen LogP contribution is -2.32. The number of amides is 2. The van der Waals surface area contributed by atoms with Crippen molar-refractivity contribution in [3.8, 4) is 0 Å². The van der Waals surface area contributed by atoms with Gasteiger partial charge in [0.05, 0.1) is 10.8 Å². The van der Waals surface area contributed by atoms with Crippen LogP contribution < -0.4 is 14.9 Å². The minimum Gasteiger partial charge on any atom is -0.326 e. The predicted molar refractivity (Wildman–Crippen MR) is 121 cm³/mol. The molecule has 0 saturated carbocycles. The first kappa shape index (κ1) is 23.0. The van der Waals surface area contributed by atoms with Gasteiger partial charge in [-0.15, -0.1) is 0 Å². The lowest BCUT2D eigenvalue weighted by atomic mass is 10.1. The Balaban J connectivity index is 1.63. The molecule has 2 atom stereocenters. The summed E-state index contributed by atoms with van der Waals surface area (Å²) in [5, 5.41) is 2.79. The number of hydrogen-bond donors (Lipinski definition) is 2. The number of carbonyl (C=O) groups excluding carboxylic acids is 2. The Morgan fingerprint density at radius 3 is 2.32 bits per heavy atom. The first-order valence-electron chi connectivity index (χ1n) is 10.6. The van der Waals surface area contributed by atoms with Crippen LogP contribution in [0.15, 0.2) is 53.4 Å². The van der Waals surface area contributed by atoms with Crippen LogP contribution in [0.5, 0.6) is 0 Å². The Morgan fingerprint density at radius 1 is 1.10 bits per heavy atom. The fraction of sp³-hybridized carbons (Fsp3) is 0.391. The standard InChI is InChI=1S/C23H29N3O4S/c1-4-16(3)25-31(29,30)21-12-8-19(9-13-21)24-23(28)18-14-22(27)26(15-18)20-10-6-17(5-2)7-11-20/h6-13,16,18,25H,4-5,14-15H2,1-3H3,(H,24,28)/t16-,18-/m1/s1. The molecule has 3 rings (SSSR count). The summed E-state index contributed by atoms with van der Waals surface area (Å²) in [6.07, 6.45) is 1.76. The summed E-state index contributed by atoms with van der Waals surface area (Å²) in [7, 11) is -3.60. The van der Waals surface area contributed by atoms with Gasteiger partial charge in [0.1, 0.15) is 0 Å². The second-order valence-electron chi connectivity index (χ2n) is 7.87. The quantitative estimate of drug-likeness (QED) is 0.654. The van der Waals surface area contributed by atoms with Crippen LogP contribution in [0.2, 0.25) is 0 Å². The van der Waals surface area contributed by atoms with Crippen LogP contribution in [0.25, 0.3) is 0 Å². The topological polar surface area (TPSA) is 95.6 Å². The summed E-state index contributed by atoms with van der Waals surface area (Å²) in [5.41, 5.74) is 2.47. The van der Waals surface area contributed by atoms with Gasteiger partial charge in [-0.25, -0.2) is 13.1 Å². The van der Waals surface area contributed by atoms with Crippen molar-refractivity contribution in [2.45, 2.75) is 51.0 Å². The molecule has 1 aliphatic heterocycles. The van der Waals surface area contributed by atoms with E-state index in [0.717, 1.165) is 12.1 Å². The van der Waals surface area contributed by atoms with Gasteiger partial charge >= 0.3 is 0 Å². The molecule has 0 spiro atoms. The van der Waals surface area contributed by atoms with E-state index in [0.29, 0.717) is 18.7 Å². The van der Waals surface area contributed by atoms with Gasteiger partial charge in [-0.2, -0.15) is 0 Å². The Labute approximate surface area is 183 Å². The van der Waals surface area contributed by atoms with Crippen molar-refractivity contribution < 1.29 is 18.0 Å². The van der Waals surface area contributed by atoms with E-state index in [9.17, 15) is 18.0 Å². The van der Waals surface area contributed by atoms with Crippen molar-refractivity contribution in [1.82, 2.24) is 4.72 Å². The SMILES string of the molecule is CCc1ccc(N2C[C@H](C(=O)Nc3ccc(S(=O)(=O)N[C@H](C)CC)cc3)CC2=O)cc1. The van der Waals surface area contributed by atoms with E-state index in [1.165, 1.54) is 17.7 Å². The fourth-order valence-electron chi connectivity index (χ4n) is 3.42. The zero-order valence-electron chi connectivity index (χ0n) is 18.1. The summed E-state index contributed by atoms with van der Waals surface area (Å²) < 4.78 is 27.3. The number of carbonyl (C=O) groups is 2. The smallest absolute Gasteiger partial charge is 0.240 e. The minimum absolute atomic E-state index is 0.0815. The molecule has 31 heavy (non-hydrogen) atoms. The molecule has 166 valence electrons. The van der Waals surface area contributed by atoms with E-state index >= 15 is 0 Å². The monoisotopic (exact) mass is 443 g/mol. The number of benzene rings is 2. The molecule has 2 aromatic carbocycles. The first-order valence-corrected chi connectivity index (χ1v) is 12.0. The molecule has 1 heterocycles. The largest absolute Gasteiger partial charge is 0.326 e. The molecule has 0 aliphatic carbocycles. The van der Waals surface area contributed by atoms with Gasteiger partial charge in [0.25, 0.3) is 0 Å². The van der Waals surface area contributed by atoms with E-state index in [1.54, 1.807) is 24.0 Å². The van der Waals surface area contributed by atoms with Crippen LogP contribution in [0.3, 0.4) is 0 Å². The second kappa shape index (κ2) is 9.62. The highest BCUT2D eigenvalue weighted by Crippen LogP contribution is 2.26. The molecule has 1 fully saturated rings. The zero-order valence-corrected chi connectivity index (χ0v) is 18.9. The third kappa shape index (κ3) is 5.51. The molecule has 0 bridgehead atoms. The molecule has 2 amide bonds. The molecule has 1 aliphatic rings. The van der Waals surface area contributed by atoms with Gasteiger partial charge in [0.2, 0.25) is 21.8 Å². The number of nitrogens with one attached hydrogen (secondary N) is 2. The maximum Gasteiger partial charge on any atom is 0.240 e. The normalized spacial score (nSPS) is 17.6. The highest BCUT2D eigenvalue weighted by atomic mass is 32.2. The molecule has 8 heteroatoms. The van der Waals surface area contributed by atoms with Crippen LogP contribution in [0.1, 0.15) is 39.2 Å². The van der Waals surface area contributed by atoms with Crippen LogP contribution in [0, 0.1) is 5.92 Å². The summed E-state index contributed by atoms with van der Waals surface area (Å²) in [6.45, 7) is 6.10. The van der Waals surface area contributed by atoms with Gasteiger partial charge in [0, 0.05) is 30.4 Å². The number of sulfonamides is 1. The number of rotatable bonds is 8. The molecule has 1 saturated heterocycles. The van der Waals surface area contributed by atoms with E-state index < -0.39 is 15.9 Å². The van der Waals surface area contributed by atoms with Crippen LogP contribution in [-0.4, -0.2) is 32.8 Å². The van der Waals surface area contributed by atoms with Crippen molar-refractivity contribution in [3.05, 3.63) is 54.1 Å². The average molecular weight is 444 g/mol. The lowest BCUT2D eigenvalue weighted by Gasteiger charge is -2.17. The van der Waals surface area contributed by atoms with Crippen molar-refractivity contribution in [2.24, 2.45) is 5.92 Å². The third-order valence-electron chi connectivity index (χ3n) is 5.55. The highest BCUT2D eigenvalue weighted by molar-refractivity contribution is 7.89. The van der Waals surface area contributed by atoms with Crippen LogP contribution in [-0.2, 0) is 26.0 Å². The lowest BCUT2D eigenvalue weighted by molar-refractivity contribution is -0.122. The molecular weight excluding hydrogens is 414 g/mol. The van der Waals surface area contributed by atoms with Gasteiger partial charge in [-0.1, -0.05) is 26.0 Å². The van der Waals surface area contributed by atoms with E-state index in [2.05, 4.69) is 17.0 Å². The summed E-state index contributed by atoms with van der Waals surface area (Å²) >= 11 is 0. The molecule has 0 aromatic heterocycles. The summed E-state index contributed by atoms with van der Waals surface area (Å²) in [4.78, 5) is 26.9. The third-order valence-corrected chi connectivity index (χ3v) is 7.16. The summed E-state index contributed by atoms with van der Waals surface area (Å²) in [6, 6.07) is 13.7. The Bertz CT molecular complexity index is 1030. The Hall–Kier alpha value is -2.71. The van der Waals surface area contributed by atoms with E-state index in [4.69, 9.17) is 0 Å². The number of hydrogen-bond acceptors (Lipinski definition) is 4. The number of anilines is 2. The van der Waals surface area contributed by atoms with Crippen molar-refractivity contribution in [1.29, 1.82) is 0 Å². The highest BCUT2D eigenvalue weighted by Gasteiger charge is 2.35. The molecule has 2 N–H and O–H groups in total. The minimum atomic E-state index is -3.60. The van der Waals surface area contributed by atoms with Crippen LogP contribution >= 0.6 is 0 Å². The Morgan fingerprint density at radius 2 is 1.74 bits per heavy atom. The van der Waals surface area contributed by atoms with Gasteiger partial charge < -0.3 is 10.2 Å². The van der Waals surface area contributed by atoms with Crippen LogP contribution in [0.4, 0.5) is 11.4 Å². The van der Waals surface area contributed by atoms with E-state index in [-0.39, 0.29) is 29.2 Å². The first-order chi connectivity index (χ1) is 14.7. The molecule has 7 nitrogen and oxygen atoms in total. The predicted octanol–water partition coefficient (Wildman–Crippen LogP) is 3.32. The zero-order chi connectivity index (χ0) is 22.6. The fourth-order valence-corrected chi connectivity index (χ4v) is 4.75.